The lowest BCUT2D eigenvalue weighted by Gasteiger charge is -2.13. The standard InChI is InChI=1S/3C24H26N4O2/c3*1-5-13-26-20-11-10-17-18(20)7-6-8-19(17)23-27-24(30-28-23)16-9-12-22(29-15(2)3)21(14-16)25-4/h3*6-9,12,14-15,20,26H,5,10-11,13H2,1-3H3/t3*20-/m000/s1/i5D2,13D2,15D;5D2,13D2;15D. The van der Waals surface area contributed by atoms with Crippen LogP contribution in [0.25, 0.3) is 83.1 Å². The number of nitrogens with one attached hydrogen (secondary N) is 3. The van der Waals surface area contributed by atoms with Gasteiger partial charge in [0.05, 0.1) is 40.7 Å². The molecule has 0 radical (unpaired) electrons. The highest BCUT2D eigenvalue weighted by molar-refractivity contribution is 5.74. The Morgan fingerprint density at radius 2 is 0.844 bits per heavy atom. The molecule has 0 saturated carbocycles. The monoisotopic (exact) mass is 1220 g/mol. The number of hydrogen-bond donors (Lipinski definition) is 3. The van der Waals surface area contributed by atoms with Crippen LogP contribution >= 0.6 is 0 Å². The van der Waals surface area contributed by atoms with E-state index in [1.54, 1.807) is 82.3 Å². The van der Waals surface area contributed by atoms with Crippen molar-refractivity contribution in [2.75, 3.05) is 19.5 Å². The number of aromatic nitrogens is 6. The highest BCUT2D eigenvalue weighted by atomic mass is 16.5. The maximum absolute atomic E-state index is 8.10. The molecule has 6 aromatic carbocycles. The van der Waals surface area contributed by atoms with Crippen LogP contribution in [0.2, 0.25) is 0 Å². The molecule has 3 heterocycles. The molecule has 3 aliphatic carbocycles. The molecule has 18 nitrogen and oxygen atoms in total. The van der Waals surface area contributed by atoms with Crippen LogP contribution in [0.4, 0.5) is 17.1 Å². The molecule has 0 aliphatic heterocycles. The van der Waals surface area contributed by atoms with Gasteiger partial charge in [0.1, 0.15) is 17.2 Å². The average Bonchev–Trinajstić information content (AvgIpc) is 1.70. The predicted octanol–water partition coefficient (Wildman–Crippen LogP) is 17.2. The summed E-state index contributed by atoms with van der Waals surface area (Å²) in [6, 6.07) is 32.4. The molecule has 3 aromatic heterocycles. The fraction of sp³-hybridized carbons (Fsp3) is 0.375. The largest absolute Gasteiger partial charge is 0.502 e. The second-order valence-electron chi connectivity index (χ2n) is 22.2. The highest BCUT2D eigenvalue weighted by Crippen LogP contribution is 2.42. The van der Waals surface area contributed by atoms with E-state index in [2.05, 4.69) is 73.9 Å². The molecule has 0 unspecified atom stereocenters. The van der Waals surface area contributed by atoms with Crippen LogP contribution in [0.5, 0.6) is 17.2 Å². The Morgan fingerprint density at radius 1 is 0.500 bits per heavy atom. The Morgan fingerprint density at radius 3 is 1.16 bits per heavy atom. The van der Waals surface area contributed by atoms with Crippen LogP contribution in [0, 0.1) is 19.7 Å². The smallest absolute Gasteiger partial charge is 0.256 e. The summed E-state index contributed by atoms with van der Waals surface area (Å²) in [5.41, 5.74) is 11.6. The number of nitrogens with zero attached hydrogens (tertiary/aromatic N) is 9. The van der Waals surface area contributed by atoms with Gasteiger partial charge < -0.3 is 43.7 Å². The molecule has 0 bridgehead atoms. The van der Waals surface area contributed by atoms with Crippen molar-refractivity contribution in [2.45, 2.75) is 156 Å². The normalized spacial score (nSPS) is 17.7. The first-order chi connectivity index (χ1) is 47.2. The number of benzene rings is 6. The summed E-state index contributed by atoms with van der Waals surface area (Å²) in [6.45, 7) is 33.8. The molecular formula is C72H78N12O6. The Kier molecular flexibility index (Phi) is 16.9. The number of fused-ring (bicyclic) bond motifs is 3. The van der Waals surface area contributed by atoms with Crippen LogP contribution < -0.4 is 30.2 Å². The third-order valence-corrected chi connectivity index (χ3v) is 15.2. The van der Waals surface area contributed by atoms with Crippen molar-refractivity contribution in [1.29, 1.82) is 0 Å². The van der Waals surface area contributed by atoms with Crippen LogP contribution in [0.3, 0.4) is 0 Å². The van der Waals surface area contributed by atoms with E-state index >= 15 is 0 Å². The van der Waals surface area contributed by atoms with E-state index in [0.717, 1.165) is 64.8 Å². The topological polar surface area (TPSA) is 194 Å². The first kappa shape index (κ1) is 51.4. The zero-order valence-corrected chi connectivity index (χ0v) is 51.8. The molecule has 90 heavy (non-hydrogen) atoms. The number of hydrogen-bond acceptors (Lipinski definition) is 15. The summed E-state index contributed by atoms with van der Waals surface area (Å²) in [7, 11) is 0. The van der Waals surface area contributed by atoms with E-state index in [0.29, 0.717) is 100 Å². The molecule has 3 atom stereocenters. The lowest BCUT2D eigenvalue weighted by molar-refractivity contribution is 0.244. The molecule has 0 saturated heterocycles. The maximum atomic E-state index is 8.10. The summed E-state index contributed by atoms with van der Waals surface area (Å²) in [5.74, 6) is 3.40. The van der Waals surface area contributed by atoms with Crippen molar-refractivity contribution >= 4 is 17.1 Å². The van der Waals surface area contributed by atoms with E-state index in [4.69, 9.17) is 61.2 Å². The lowest BCUT2D eigenvalue weighted by atomic mass is 10.0. The van der Waals surface area contributed by atoms with E-state index < -0.39 is 37.9 Å². The molecule has 0 spiro atoms. The number of rotatable bonds is 21. The van der Waals surface area contributed by atoms with Gasteiger partial charge in [-0.15, -0.1) is 0 Å². The van der Waals surface area contributed by atoms with Crippen LogP contribution in [0.15, 0.2) is 123 Å². The van der Waals surface area contributed by atoms with Gasteiger partial charge in [0, 0.05) is 62.5 Å². The van der Waals surface area contributed by atoms with Crippen LogP contribution in [-0.4, -0.2) is 68.2 Å². The summed E-state index contributed by atoms with van der Waals surface area (Å²) >= 11 is 0. The molecule has 0 fully saturated rings. The first-order valence-electron chi connectivity index (χ1n) is 34.9. The Bertz CT molecular complexity index is 4570. The number of ether oxygens (including phenoxy) is 3. The van der Waals surface area contributed by atoms with Gasteiger partial charge in [-0.2, -0.15) is 15.0 Å². The van der Waals surface area contributed by atoms with Crippen LogP contribution in [-0.2, 0) is 19.3 Å². The SMILES string of the molecule is [2H]C(C)(C)Oc1ccc(-c2nc(-c3cccc4c3CC[C@@H]4NC([2H])([2H])C([2H])([2H])C)no2)cc1[N+]#[C-].[2H]C(C)(C)Oc1ccc(-c2nc(-c3cccc4c3CC[C@@H]4NCCC)no2)cc1[N+]#[C-].[2H]C([2H])(C)C([2H])([2H])N[C@H]1CCc2c(-c3noc(-c4ccc(OC(C)C)c([N+]#[C-])c4)n3)cccc21. The molecule has 3 aliphatic rings. The average molecular weight is 1220 g/mol. The zero-order valence-electron chi connectivity index (χ0n) is 61.8. The fourth-order valence-corrected chi connectivity index (χ4v) is 11.3. The van der Waals surface area contributed by atoms with E-state index in [9.17, 15) is 0 Å². The van der Waals surface area contributed by atoms with Gasteiger partial charge in [-0.05, 0) is 207 Å². The van der Waals surface area contributed by atoms with Gasteiger partial charge in [0.2, 0.25) is 34.5 Å². The van der Waals surface area contributed by atoms with Gasteiger partial charge in [-0.1, -0.05) is 90.8 Å². The quantitative estimate of drug-likeness (QED) is 0.0575. The van der Waals surface area contributed by atoms with Crippen LogP contribution in [0.1, 0.15) is 166 Å². The minimum absolute atomic E-state index is 0.0499. The summed E-state index contributed by atoms with van der Waals surface area (Å²) in [4.78, 5) is 24.3. The lowest BCUT2D eigenvalue weighted by Crippen LogP contribution is -2.19. The third kappa shape index (κ3) is 14.6. The summed E-state index contributed by atoms with van der Waals surface area (Å²) in [6.07, 6.45) is -0.686. The maximum Gasteiger partial charge on any atom is 0.256 e. The van der Waals surface area contributed by atoms with Gasteiger partial charge in [0.15, 0.2) is 0 Å². The predicted molar refractivity (Wildman–Crippen MR) is 350 cm³/mol. The van der Waals surface area contributed by atoms with Crippen molar-refractivity contribution in [3.05, 3.63) is 177 Å². The minimum Gasteiger partial charge on any atom is -0.502 e. The molecule has 18 heteroatoms. The zero-order chi connectivity index (χ0) is 72.3. The van der Waals surface area contributed by atoms with Crippen molar-refractivity contribution in [2.24, 2.45) is 0 Å². The van der Waals surface area contributed by atoms with Gasteiger partial charge in [-0.3, -0.25) is 0 Å². The molecule has 12 rings (SSSR count). The molecule has 462 valence electrons. The van der Waals surface area contributed by atoms with Gasteiger partial charge >= 0.3 is 0 Å². The second-order valence-corrected chi connectivity index (χ2v) is 22.2. The summed E-state index contributed by atoms with van der Waals surface area (Å²) < 4.78 is 113. The molecule has 3 N–H and O–H groups in total. The molecule has 0 amide bonds. The minimum atomic E-state index is -2.19. The van der Waals surface area contributed by atoms with Gasteiger partial charge in [0.25, 0.3) is 17.7 Å². The second kappa shape index (κ2) is 29.7. The third-order valence-electron chi connectivity index (χ3n) is 15.2. The van der Waals surface area contributed by atoms with Crippen molar-refractivity contribution in [3.63, 3.8) is 0 Å². The Balaban J connectivity index is 0.000000162. The Hall–Kier alpha value is -9.51. The summed E-state index contributed by atoms with van der Waals surface area (Å²) in [5, 5.41) is 21.8. The Labute approximate surface area is 541 Å². The molecule has 9 aromatic rings. The van der Waals surface area contributed by atoms with E-state index in [1.165, 1.54) is 25.0 Å². The van der Waals surface area contributed by atoms with Crippen molar-refractivity contribution < 1.29 is 41.5 Å². The first-order valence-corrected chi connectivity index (χ1v) is 29.9. The van der Waals surface area contributed by atoms with E-state index in [-0.39, 0.29) is 35.7 Å². The van der Waals surface area contributed by atoms with E-state index in [1.807, 2.05) is 62.4 Å². The van der Waals surface area contributed by atoms with Gasteiger partial charge in [-0.25, -0.2) is 14.5 Å². The molecular weight excluding hydrogens is 1130 g/mol. The fourth-order valence-electron chi connectivity index (χ4n) is 11.3. The highest BCUT2D eigenvalue weighted by Gasteiger charge is 2.30. The van der Waals surface area contributed by atoms with Crippen molar-refractivity contribution in [1.82, 2.24) is 46.4 Å². The van der Waals surface area contributed by atoms with Crippen molar-refractivity contribution in [3.8, 4) is 85.8 Å².